The van der Waals surface area contributed by atoms with Crippen molar-refractivity contribution < 1.29 is 4.79 Å². The van der Waals surface area contributed by atoms with E-state index in [1.165, 1.54) is 0 Å². The lowest BCUT2D eigenvalue weighted by Crippen LogP contribution is -2.13. The first-order chi connectivity index (χ1) is 10.1. The molecule has 1 atom stereocenters. The molecule has 2 nitrogen and oxygen atoms in total. The molecule has 0 aliphatic rings. The van der Waals surface area contributed by atoms with E-state index >= 15 is 0 Å². The van der Waals surface area contributed by atoms with Crippen molar-refractivity contribution >= 4 is 29.0 Å². The van der Waals surface area contributed by atoms with Gasteiger partial charge in [0, 0.05) is 28.9 Å². The first-order valence-corrected chi connectivity index (χ1v) is 7.58. The highest BCUT2D eigenvalue weighted by Gasteiger charge is 2.11. The van der Waals surface area contributed by atoms with Crippen LogP contribution in [0.3, 0.4) is 0 Å². The normalized spacial score (nSPS) is 12.1. The number of Topliss-reactive ketones (excluding diaryl/α,β-unsaturated/α-hetero) is 1. The minimum Gasteiger partial charge on any atom is -0.324 e. The Bertz CT molecular complexity index is 613. The monoisotopic (exact) mass is 321 g/mol. The van der Waals surface area contributed by atoms with Crippen LogP contribution in [0.5, 0.6) is 0 Å². The largest absolute Gasteiger partial charge is 0.324 e. The molecule has 0 aliphatic carbocycles. The van der Waals surface area contributed by atoms with Crippen LogP contribution in [0.4, 0.5) is 0 Å². The van der Waals surface area contributed by atoms with Crippen molar-refractivity contribution in [3.8, 4) is 0 Å². The van der Waals surface area contributed by atoms with E-state index in [0.29, 0.717) is 29.3 Å². The molecule has 0 saturated heterocycles. The summed E-state index contributed by atoms with van der Waals surface area (Å²) >= 11 is 11.9. The molecular weight excluding hydrogens is 305 g/mol. The maximum absolute atomic E-state index is 12.0. The van der Waals surface area contributed by atoms with Gasteiger partial charge in [-0.25, -0.2) is 0 Å². The van der Waals surface area contributed by atoms with E-state index in [2.05, 4.69) is 0 Å². The quantitative estimate of drug-likeness (QED) is 0.845. The number of ketones is 1. The second-order valence-corrected chi connectivity index (χ2v) is 5.85. The molecule has 2 rings (SSSR count). The third kappa shape index (κ3) is 4.85. The maximum Gasteiger partial charge on any atom is 0.137 e. The molecule has 4 heteroatoms. The zero-order valence-corrected chi connectivity index (χ0v) is 13.1. The molecule has 0 saturated carbocycles. The molecule has 2 N–H and O–H groups in total. The Kier molecular flexibility index (Phi) is 5.80. The van der Waals surface area contributed by atoms with Crippen molar-refractivity contribution in [2.75, 3.05) is 0 Å². The average molecular weight is 322 g/mol. The number of benzene rings is 2. The molecule has 0 aliphatic heterocycles. The number of carbonyl (C=O) groups excluding carboxylic acids is 1. The van der Waals surface area contributed by atoms with Crippen LogP contribution in [0, 0.1) is 0 Å². The van der Waals surface area contributed by atoms with Crippen LogP contribution in [-0.4, -0.2) is 5.78 Å². The van der Waals surface area contributed by atoms with E-state index in [9.17, 15) is 4.79 Å². The minimum atomic E-state index is -0.115. The lowest BCUT2D eigenvalue weighted by molar-refractivity contribution is -0.118. The number of carbonyl (C=O) groups is 1. The molecule has 2 aromatic carbocycles. The fraction of sp³-hybridized carbons (Fsp3) is 0.235. The highest BCUT2D eigenvalue weighted by molar-refractivity contribution is 6.35. The van der Waals surface area contributed by atoms with Gasteiger partial charge in [-0.05, 0) is 29.7 Å². The predicted molar refractivity (Wildman–Crippen MR) is 87.8 cm³/mol. The van der Waals surface area contributed by atoms with Gasteiger partial charge in [-0.3, -0.25) is 4.79 Å². The van der Waals surface area contributed by atoms with E-state index in [1.54, 1.807) is 18.2 Å². The van der Waals surface area contributed by atoms with E-state index < -0.39 is 0 Å². The summed E-state index contributed by atoms with van der Waals surface area (Å²) in [6, 6.07) is 14.9. The van der Waals surface area contributed by atoms with Crippen LogP contribution >= 0.6 is 23.2 Å². The number of hydrogen-bond donors (Lipinski definition) is 1. The Morgan fingerprint density at radius 1 is 1.10 bits per heavy atom. The highest BCUT2D eigenvalue weighted by Crippen LogP contribution is 2.22. The zero-order valence-electron chi connectivity index (χ0n) is 11.6. The van der Waals surface area contributed by atoms with Crippen molar-refractivity contribution in [2.24, 2.45) is 5.73 Å². The predicted octanol–water partition coefficient (Wildman–Crippen LogP) is 4.59. The Morgan fingerprint density at radius 3 is 2.48 bits per heavy atom. The van der Waals surface area contributed by atoms with Gasteiger partial charge in [-0.15, -0.1) is 0 Å². The third-order valence-corrected chi connectivity index (χ3v) is 3.95. The molecule has 0 spiro atoms. The van der Waals surface area contributed by atoms with Crippen LogP contribution in [0.25, 0.3) is 0 Å². The van der Waals surface area contributed by atoms with Crippen LogP contribution in [0.2, 0.25) is 10.0 Å². The summed E-state index contributed by atoms with van der Waals surface area (Å²) in [6.07, 6.45) is 1.39. The SMILES string of the molecule is NC(CCC(=O)Cc1ccc(Cl)cc1Cl)c1ccccc1. The summed E-state index contributed by atoms with van der Waals surface area (Å²) in [5.41, 5.74) is 7.95. The van der Waals surface area contributed by atoms with Gasteiger partial charge >= 0.3 is 0 Å². The summed E-state index contributed by atoms with van der Waals surface area (Å²) < 4.78 is 0. The summed E-state index contributed by atoms with van der Waals surface area (Å²) in [6.45, 7) is 0. The fourth-order valence-electron chi connectivity index (χ4n) is 2.15. The van der Waals surface area contributed by atoms with Crippen LogP contribution < -0.4 is 5.73 Å². The van der Waals surface area contributed by atoms with Crippen molar-refractivity contribution in [1.29, 1.82) is 0 Å². The molecule has 0 radical (unpaired) electrons. The second-order valence-electron chi connectivity index (χ2n) is 5.01. The standard InChI is InChI=1S/C17H17Cl2NO/c18-14-7-6-13(16(19)11-14)10-15(21)8-9-17(20)12-4-2-1-3-5-12/h1-7,11,17H,8-10,20H2. The molecule has 0 bridgehead atoms. The number of rotatable bonds is 6. The Morgan fingerprint density at radius 2 is 1.81 bits per heavy atom. The Balaban J connectivity index is 1.87. The van der Waals surface area contributed by atoms with Gasteiger partial charge in [0.05, 0.1) is 0 Å². The van der Waals surface area contributed by atoms with Gasteiger partial charge < -0.3 is 5.73 Å². The van der Waals surface area contributed by atoms with Gasteiger partial charge in [0.25, 0.3) is 0 Å². The van der Waals surface area contributed by atoms with Gasteiger partial charge in [0.2, 0.25) is 0 Å². The van der Waals surface area contributed by atoms with Gasteiger partial charge in [0.1, 0.15) is 5.78 Å². The Hall–Kier alpha value is -1.35. The topological polar surface area (TPSA) is 43.1 Å². The van der Waals surface area contributed by atoms with Crippen LogP contribution in [0.15, 0.2) is 48.5 Å². The molecule has 110 valence electrons. The molecule has 2 aromatic rings. The lowest BCUT2D eigenvalue weighted by atomic mass is 9.99. The Labute approximate surface area is 134 Å². The van der Waals surface area contributed by atoms with E-state index in [0.717, 1.165) is 11.1 Å². The fourth-order valence-corrected chi connectivity index (χ4v) is 2.62. The van der Waals surface area contributed by atoms with Gasteiger partial charge in [-0.2, -0.15) is 0 Å². The zero-order chi connectivity index (χ0) is 15.2. The van der Waals surface area contributed by atoms with Crippen LogP contribution in [-0.2, 0) is 11.2 Å². The molecular formula is C17H17Cl2NO. The summed E-state index contributed by atoms with van der Waals surface area (Å²) in [5, 5.41) is 1.10. The lowest BCUT2D eigenvalue weighted by Gasteiger charge is -2.11. The first-order valence-electron chi connectivity index (χ1n) is 6.82. The van der Waals surface area contributed by atoms with E-state index in [4.69, 9.17) is 28.9 Å². The molecule has 21 heavy (non-hydrogen) atoms. The molecule has 0 amide bonds. The van der Waals surface area contributed by atoms with Crippen molar-refractivity contribution in [3.05, 3.63) is 69.7 Å². The highest BCUT2D eigenvalue weighted by atomic mass is 35.5. The molecule has 0 aromatic heterocycles. The first kappa shape index (κ1) is 16.0. The number of nitrogens with two attached hydrogens (primary N) is 1. The van der Waals surface area contributed by atoms with Gasteiger partial charge in [-0.1, -0.05) is 59.6 Å². The van der Waals surface area contributed by atoms with E-state index in [-0.39, 0.29) is 11.8 Å². The van der Waals surface area contributed by atoms with Crippen molar-refractivity contribution in [1.82, 2.24) is 0 Å². The number of hydrogen-bond acceptors (Lipinski definition) is 2. The van der Waals surface area contributed by atoms with Gasteiger partial charge in [0.15, 0.2) is 0 Å². The summed E-state index contributed by atoms with van der Waals surface area (Å²) in [5.74, 6) is 0.130. The number of halogens is 2. The average Bonchev–Trinajstić information content (AvgIpc) is 2.48. The van der Waals surface area contributed by atoms with Crippen molar-refractivity contribution in [2.45, 2.75) is 25.3 Å². The van der Waals surface area contributed by atoms with Crippen molar-refractivity contribution in [3.63, 3.8) is 0 Å². The smallest absolute Gasteiger partial charge is 0.137 e. The van der Waals surface area contributed by atoms with E-state index in [1.807, 2.05) is 30.3 Å². The summed E-state index contributed by atoms with van der Waals surface area (Å²) in [4.78, 5) is 12.0. The third-order valence-electron chi connectivity index (χ3n) is 3.36. The molecule has 1 unspecified atom stereocenters. The minimum absolute atomic E-state index is 0.115. The molecule has 0 heterocycles. The summed E-state index contributed by atoms with van der Waals surface area (Å²) in [7, 11) is 0. The molecule has 0 fully saturated rings. The van der Waals surface area contributed by atoms with Crippen LogP contribution in [0.1, 0.15) is 30.0 Å². The maximum atomic E-state index is 12.0. The second kappa shape index (κ2) is 7.60.